The van der Waals surface area contributed by atoms with Gasteiger partial charge in [-0.25, -0.2) is 0 Å². The first-order chi connectivity index (χ1) is 47.0. The molecule has 0 saturated heterocycles. The number of nitrogens with one attached hydrogen (secondary N) is 4. The van der Waals surface area contributed by atoms with Crippen LogP contribution in [0.25, 0.3) is 0 Å². The van der Waals surface area contributed by atoms with E-state index >= 15 is 0 Å². The van der Waals surface area contributed by atoms with E-state index in [0.717, 1.165) is 122 Å². The van der Waals surface area contributed by atoms with Gasteiger partial charge in [0.15, 0.2) is 0 Å². The Balaban J connectivity index is 2.02. The lowest BCUT2D eigenvalue weighted by atomic mass is 9.74. The number of phenols is 4. The van der Waals surface area contributed by atoms with Gasteiger partial charge in [0.1, 0.15) is 46.0 Å². The molecule has 1 aliphatic carbocycles. The molecule has 0 amide bonds. The average molecular weight is 1330 g/mol. The maximum Gasteiger partial charge on any atom is 0.130 e. The summed E-state index contributed by atoms with van der Waals surface area (Å²) in [7, 11) is 14.6. The predicted molar refractivity (Wildman–Crippen MR) is 404 cm³/mol. The van der Waals surface area contributed by atoms with Gasteiger partial charge in [0, 0.05) is 94.4 Å². The van der Waals surface area contributed by atoms with Crippen molar-refractivity contribution >= 4 is 0 Å². The zero-order chi connectivity index (χ0) is 69.5. The summed E-state index contributed by atoms with van der Waals surface area (Å²) in [5, 5.41) is 67.7. The molecule has 4 aromatic rings. The molecule has 4 unspecified atom stereocenters. The van der Waals surface area contributed by atoms with E-state index < -0.39 is 23.7 Å². The normalized spacial score (nSPS) is 15.4. The molecule has 8 bridgehead atoms. The molecule has 12 heteroatoms. The lowest BCUT2D eigenvalue weighted by molar-refractivity contribution is 0.376. The van der Waals surface area contributed by atoms with Crippen molar-refractivity contribution in [1.82, 2.24) is 21.3 Å². The fourth-order valence-corrected chi connectivity index (χ4v) is 16.0. The van der Waals surface area contributed by atoms with Gasteiger partial charge in [-0.15, -0.1) is 0 Å². The van der Waals surface area contributed by atoms with Crippen molar-refractivity contribution in [2.45, 2.75) is 334 Å². The fourth-order valence-electron chi connectivity index (χ4n) is 16.0. The number of hydrogen-bond acceptors (Lipinski definition) is 12. The summed E-state index contributed by atoms with van der Waals surface area (Å²) >= 11 is 0. The van der Waals surface area contributed by atoms with Gasteiger partial charge in [0.25, 0.3) is 0 Å². The van der Waals surface area contributed by atoms with E-state index in [1.807, 2.05) is 28.2 Å². The monoisotopic (exact) mass is 1330 g/mol. The molecule has 0 radical (unpaired) electrons. The van der Waals surface area contributed by atoms with E-state index in [9.17, 15) is 20.4 Å². The lowest BCUT2D eigenvalue weighted by Crippen LogP contribution is -2.18. The maximum atomic E-state index is 13.5. The molecule has 0 fully saturated rings. The van der Waals surface area contributed by atoms with E-state index in [1.54, 1.807) is 28.4 Å². The number of fused-ring (bicyclic) bond motifs is 8. The Labute approximate surface area is 585 Å². The summed E-state index contributed by atoms with van der Waals surface area (Å²) < 4.78 is 26.8. The van der Waals surface area contributed by atoms with E-state index in [2.05, 4.69) is 73.2 Å². The second-order valence-corrected chi connectivity index (χ2v) is 28.5. The number of ether oxygens (including phenoxy) is 4. The summed E-state index contributed by atoms with van der Waals surface area (Å²) in [6.07, 6.45) is 45.1. The van der Waals surface area contributed by atoms with Gasteiger partial charge < -0.3 is 60.6 Å². The minimum Gasteiger partial charge on any atom is -0.507 e. The van der Waals surface area contributed by atoms with Crippen molar-refractivity contribution in [3.8, 4) is 46.0 Å². The highest BCUT2D eigenvalue weighted by Gasteiger charge is 2.38. The number of aromatic hydroxyl groups is 4. The molecule has 4 aromatic carbocycles. The number of methoxy groups -OCH3 is 4. The summed E-state index contributed by atoms with van der Waals surface area (Å²) in [4.78, 5) is 0. The summed E-state index contributed by atoms with van der Waals surface area (Å²) in [6.45, 7) is 10.5. The van der Waals surface area contributed by atoms with Crippen LogP contribution in [0.4, 0.5) is 0 Å². The Hall–Kier alpha value is -4.88. The van der Waals surface area contributed by atoms with E-state index in [1.165, 1.54) is 154 Å². The van der Waals surface area contributed by atoms with Gasteiger partial charge >= 0.3 is 0 Å². The number of benzene rings is 4. The second kappa shape index (κ2) is 47.2. The first-order valence-corrected chi connectivity index (χ1v) is 39.3. The van der Waals surface area contributed by atoms with E-state index in [0.29, 0.717) is 97.1 Å². The van der Waals surface area contributed by atoms with Gasteiger partial charge in [0.2, 0.25) is 0 Å². The third-order valence-corrected chi connectivity index (χ3v) is 21.2. The van der Waals surface area contributed by atoms with Crippen LogP contribution in [-0.2, 0) is 26.2 Å². The molecule has 1 aliphatic rings. The summed E-state index contributed by atoms with van der Waals surface area (Å²) in [5.74, 6) is 1.59. The largest absolute Gasteiger partial charge is 0.507 e. The number of rotatable bonds is 52. The Bertz CT molecular complexity index is 2430. The van der Waals surface area contributed by atoms with Crippen LogP contribution in [-0.4, -0.2) is 77.1 Å². The van der Waals surface area contributed by atoms with Crippen molar-refractivity contribution in [3.05, 3.63) is 91.0 Å². The third-order valence-electron chi connectivity index (χ3n) is 21.2. The number of hydrogen-bond donors (Lipinski definition) is 8. The SMILES string of the molecule is CCCCCCCCCCCC1c2cc(c(OC)c(CNC)c2O)C(CCCCCCCCCCC)c2cc(c(OC)c(CNC)c2O)C(CCCCCCCCCCC)c2cc(c(OC)c(CNC)c2O)C(CCCCCCCCCCC)c2cc1c(OC)c(CNC)c2O. The molecule has 12 nitrogen and oxygen atoms in total. The molecule has 0 aromatic heterocycles. The lowest BCUT2D eigenvalue weighted by Gasteiger charge is -2.33. The van der Waals surface area contributed by atoms with E-state index in [-0.39, 0.29) is 23.0 Å². The van der Waals surface area contributed by atoms with Crippen LogP contribution in [0.15, 0.2) is 24.3 Å². The topological polar surface area (TPSA) is 166 Å². The summed E-state index contributed by atoms with van der Waals surface area (Å²) in [6, 6.07) is 8.95. The first-order valence-electron chi connectivity index (χ1n) is 39.3. The highest BCUT2D eigenvalue weighted by molar-refractivity contribution is 5.68. The highest BCUT2D eigenvalue weighted by Crippen LogP contribution is 2.56. The van der Waals surface area contributed by atoms with Crippen LogP contribution in [0, 0.1) is 0 Å². The molecule has 0 heterocycles. The summed E-state index contributed by atoms with van der Waals surface area (Å²) in [5.41, 5.74) is 9.50. The van der Waals surface area contributed by atoms with Crippen LogP contribution in [0.2, 0.25) is 0 Å². The molecule has 96 heavy (non-hydrogen) atoms. The zero-order valence-electron chi connectivity index (χ0n) is 63.2. The molecule has 0 saturated carbocycles. The molecule has 5 rings (SSSR count). The quantitative estimate of drug-likeness (QED) is 0.0198. The Morgan fingerprint density at radius 1 is 0.250 bits per heavy atom. The van der Waals surface area contributed by atoms with Crippen LogP contribution >= 0.6 is 0 Å². The van der Waals surface area contributed by atoms with Crippen LogP contribution < -0.4 is 40.2 Å². The zero-order valence-corrected chi connectivity index (χ0v) is 63.2. The van der Waals surface area contributed by atoms with E-state index in [4.69, 9.17) is 18.9 Å². The van der Waals surface area contributed by atoms with Crippen LogP contribution in [0.1, 0.15) is 375 Å². The third kappa shape index (κ3) is 23.6. The molecule has 0 aliphatic heterocycles. The minimum atomic E-state index is -0.396. The second-order valence-electron chi connectivity index (χ2n) is 28.5. The maximum absolute atomic E-state index is 13.5. The molecule has 0 spiro atoms. The molecule has 4 atom stereocenters. The van der Waals surface area contributed by atoms with Gasteiger partial charge in [-0.3, -0.25) is 0 Å². The smallest absolute Gasteiger partial charge is 0.130 e. The Kier molecular flexibility index (Phi) is 40.2. The van der Waals surface area contributed by atoms with Crippen molar-refractivity contribution in [1.29, 1.82) is 0 Å². The highest BCUT2D eigenvalue weighted by atomic mass is 16.5. The molecular weight excluding hydrogens is 1190 g/mol. The van der Waals surface area contributed by atoms with Crippen LogP contribution in [0.3, 0.4) is 0 Å². The minimum absolute atomic E-state index is 0.185. The number of phenolic OH excluding ortho intramolecular Hbond substituents is 4. The standard InChI is InChI=1S/C84H140N4O8/c1-13-17-21-25-29-33-37-41-45-49-61-65-53-70(82(94-10)73(57-85-5)77(65)89)63(51-47-43-39-35-31-27-23-19-15-3)67-55-72(84(96-12)75(59-87-7)79(67)91)64(52-48-44-40-36-32-28-24-20-16-4)68-56-71(83(95-11)76(60-88-8)80(68)92)62(50-46-42-38-34-30-26-22-18-14-2)66-54-69(61)81(93-9)74(58-86-6)78(66)90/h53-56,61-64,85-92H,13-52,57-60H2,1-12H3. The average Bonchev–Trinajstić information content (AvgIpc) is 0.739. The van der Waals surface area contributed by atoms with Crippen molar-refractivity contribution in [2.75, 3.05) is 56.6 Å². The van der Waals surface area contributed by atoms with Gasteiger partial charge in [-0.2, -0.15) is 0 Å². The Morgan fingerprint density at radius 3 is 0.552 bits per heavy atom. The van der Waals surface area contributed by atoms with Crippen molar-refractivity contribution in [2.24, 2.45) is 0 Å². The van der Waals surface area contributed by atoms with Crippen molar-refractivity contribution < 1.29 is 39.4 Å². The molecule has 544 valence electrons. The fraction of sp³-hybridized carbons (Fsp3) is 0.714. The Morgan fingerprint density at radius 2 is 0.406 bits per heavy atom. The molecule has 8 N–H and O–H groups in total. The predicted octanol–water partition coefficient (Wildman–Crippen LogP) is 21.9. The first kappa shape index (κ1) is 81.8. The van der Waals surface area contributed by atoms with Gasteiger partial charge in [-0.05, 0) is 78.1 Å². The van der Waals surface area contributed by atoms with Crippen molar-refractivity contribution in [3.63, 3.8) is 0 Å². The van der Waals surface area contributed by atoms with Crippen LogP contribution in [0.5, 0.6) is 46.0 Å². The number of unbranched alkanes of at least 4 members (excludes halogenated alkanes) is 32. The van der Waals surface area contributed by atoms with Gasteiger partial charge in [-0.1, -0.05) is 259 Å². The van der Waals surface area contributed by atoms with Gasteiger partial charge in [0.05, 0.1) is 50.7 Å². The molecular formula is C84H140N4O8.